The average Bonchev–Trinajstić information content (AvgIpc) is 2.41. The second-order valence-corrected chi connectivity index (χ2v) is 5.36. The lowest BCUT2D eigenvalue weighted by Gasteiger charge is -2.30. The van der Waals surface area contributed by atoms with E-state index < -0.39 is 0 Å². The summed E-state index contributed by atoms with van der Waals surface area (Å²) in [5.41, 5.74) is 6.97. The van der Waals surface area contributed by atoms with Crippen LogP contribution in [0, 0.1) is 0 Å². The van der Waals surface area contributed by atoms with Gasteiger partial charge in [0.2, 0.25) is 0 Å². The highest BCUT2D eigenvalue weighted by Gasteiger charge is 2.24. The van der Waals surface area contributed by atoms with Gasteiger partial charge in [-0.15, -0.1) is 0 Å². The summed E-state index contributed by atoms with van der Waals surface area (Å²) in [6.45, 7) is 7.85. The van der Waals surface area contributed by atoms with Gasteiger partial charge >= 0.3 is 0 Å². The zero-order chi connectivity index (χ0) is 16.0. The van der Waals surface area contributed by atoms with Gasteiger partial charge in [0, 0.05) is 19.1 Å². The second-order valence-electron chi connectivity index (χ2n) is 5.36. The zero-order valence-corrected chi connectivity index (χ0v) is 13.7. The van der Waals surface area contributed by atoms with Gasteiger partial charge in [-0.2, -0.15) is 0 Å². The van der Waals surface area contributed by atoms with Crippen LogP contribution in [0.2, 0.25) is 0 Å². The molecule has 21 heavy (non-hydrogen) atoms. The predicted octanol–water partition coefficient (Wildman–Crippen LogP) is 2.08. The van der Waals surface area contributed by atoms with Crippen molar-refractivity contribution in [2.45, 2.75) is 26.8 Å². The molecule has 5 nitrogen and oxygen atoms in total. The molecule has 0 fully saturated rings. The Labute approximate surface area is 127 Å². The van der Waals surface area contributed by atoms with Crippen molar-refractivity contribution in [2.75, 3.05) is 39.5 Å². The fourth-order valence-electron chi connectivity index (χ4n) is 2.47. The number of nitrogens with two attached hydrogens (primary N) is 1. The Morgan fingerprint density at radius 2 is 2.00 bits per heavy atom. The molecule has 118 valence electrons. The maximum absolute atomic E-state index is 12.8. The lowest BCUT2D eigenvalue weighted by Crippen LogP contribution is -2.43. The molecule has 0 spiro atoms. The normalized spacial score (nSPS) is 12.3. The number of carbonyl (C=O) groups is 1. The number of benzene rings is 1. The van der Waals surface area contributed by atoms with Gasteiger partial charge in [0.25, 0.3) is 5.91 Å². The van der Waals surface area contributed by atoms with Gasteiger partial charge in [-0.05, 0) is 47.0 Å². The van der Waals surface area contributed by atoms with E-state index in [1.54, 1.807) is 18.2 Å². The number of rotatable bonds is 7. The monoisotopic (exact) mass is 293 g/mol. The Balaban J connectivity index is 3.08. The van der Waals surface area contributed by atoms with Crippen LogP contribution in [0.25, 0.3) is 0 Å². The lowest BCUT2D eigenvalue weighted by molar-refractivity contribution is 0.0675. The molecular formula is C16H27N3O2. The topological polar surface area (TPSA) is 58.8 Å². The Hall–Kier alpha value is -1.75. The third kappa shape index (κ3) is 4.36. The number of likely N-dealkylation sites (N-methyl/N-ethyl adjacent to an activating group) is 2. The average molecular weight is 293 g/mol. The summed E-state index contributed by atoms with van der Waals surface area (Å²) in [7, 11) is 4.00. The molecule has 0 saturated carbocycles. The number of hydrogen-bond acceptors (Lipinski definition) is 4. The Kier molecular flexibility index (Phi) is 6.49. The number of carbonyl (C=O) groups excluding carboxylic acids is 1. The van der Waals surface area contributed by atoms with Gasteiger partial charge in [-0.3, -0.25) is 4.79 Å². The van der Waals surface area contributed by atoms with Crippen LogP contribution in [-0.2, 0) is 0 Å². The van der Waals surface area contributed by atoms with Gasteiger partial charge in [0.15, 0.2) is 5.75 Å². The van der Waals surface area contributed by atoms with E-state index in [0.29, 0.717) is 30.2 Å². The summed E-state index contributed by atoms with van der Waals surface area (Å²) in [5, 5.41) is 0. The summed E-state index contributed by atoms with van der Waals surface area (Å²) >= 11 is 0. The first-order chi connectivity index (χ1) is 9.92. The minimum Gasteiger partial charge on any atom is -0.491 e. The third-order valence-electron chi connectivity index (χ3n) is 3.33. The Morgan fingerprint density at radius 3 is 2.52 bits per heavy atom. The minimum absolute atomic E-state index is 0.0393. The van der Waals surface area contributed by atoms with Crippen LogP contribution in [0.5, 0.6) is 5.75 Å². The van der Waals surface area contributed by atoms with E-state index in [-0.39, 0.29) is 11.9 Å². The van der Waals surface area contributed by atoms with E-state index in [1.165, 1.54) is 0 Å². The number of ether oxygens (including phenoxy) is 1. The Morgan fingerprint density at radius 1 is 1.33 bits per heavy atom. The molecule has 2 N–H and O–H groups in total. The second kappa shape index (κ2) is 7.88. The molecule has 0 heterocycles. The predicted molar refractivity (Wildman–Crippen MR) is 86.7 cm³/mol. The smallest absolute Gasteiger partial charge is 0.257 e. The molecule has 0 saturated heterocycles. The number of amides is 1. The fraction of sp³-hybridized carbons (Fsp3) is 0.562. The van der Waals surface area contributed by atoms with Crippen molar-refractivity contribution in [1.82, 2.24) is 9.80 Å². The summed E-state index contributed by atoms with van der Waals surface area (Å²) in [5.74, 6) is 0.447. The van der Waals surface area contributed by atoms with Crippen molar-refractivity contribution in [3.8, 4) is 5.75 Å². The molecule has 0 radical (unpaired) electrons. The summed E-state index contributed by atoms with van der Waals surface area (Å²) < 4.78 is 5.56. The summed E-state index contributed by atoms with van der Waals surface area (Å²) in [6, 6.07) is 5.43. The van der Waals surface area contributed by atoms with Gasteiger partial charge < -0.3 is 20.3 Å². The maximum atomic E-state index is 12.8. The first-order valence-corrected chi connectivity index (χ1v) is 7.39. The lowest BCUT2D eigenvalue weighted by atomic mass is 10.1. The fourth-order valence-corrected chi connectivity index (χ4v) is 2.47. The number of nitrogens with zero attached hydrogens (tertiary/aromatic N) is 2. The van der Waals surface area contributed by atoms with E-state index in [4.69, 9.17) is 10.5 Å². The Bertz CT molecular complexity index is 475. The molecule has 1 rings (SSSR count). The highest BCUT2D eigenvalue weighted by molar-refractivity contribution is 5.98. The minimum atomic E-state index is -0.0393. The molecule has 5 heteroatoms. The molecule has 1 aromatic rings. The van der Waals surface area contributed by atoms with Crippen LogP contribution in [0.4, 0.5) is 5.69 Å². The highest BCUT2D eigenvalue weighted by Crippen LogP contribution is 2.28. The first kappa shape index (κ1) is 17.3. The molecule has 0 aliphatic heterocycles. The molecule has 0 aliphatic carbocycles. The van der Waals surface area contributed by atoms with Crippen LogP contribution in [-0.4, -0.2) is 55.5 Å². The quantitative estimate of drug-likeness (QED) is 0.782. The van der Waals surface area contributed by atoms with E-state index in [0.717, 1.165) is 6.54 Å². The van der Waals surface area contributed by atoms with Crippen molar-refractivity contribution in [3.05, 3.63) is 23.8 Å². The summed E-state index contributed by atoms with van der Waals surface area (Å²) in [6.07, 6.45) is 0. The molecule has 0 bridgehead atoms. The summed E-state index contributed by atoms with van der Waals surface area (Å²) in [4.78, 5) is 16.7. The van der Waals surface area contributed by atoms with E-state index in [1.807, 2.05) is 39.8 Å². The molecule has 1 atom stereocenters. The first-order valence-electron chi connectivity index (χ1n) is 7.39. The third-order valence-corrected chi connectivity index (χ3v) is 3.33. The van der Waals surface area contributed by atoms with Crippen molar-refractivity contribution >= 4 is 11.6 Å². The molecule has 0 aromatic heterocycles. The van der Waals surface area contributed by atoms with Crippen LogP contribution in [0.15, 0.2) is 18.2 Å². The van der Waals surface area contributed by atoms with Crippen LogP contribution < -0.4 is 10.5 Å². The van der Waals surface area contributed by atoms with Crippen molar-refractivity contribution in [3.63, 3.8) is 0 Å². The number of para-hydroxylation sites is 1. The molecule has 0 aliphatic rings. The largest absolute Gasteiger partial charge is 0.491 e. The number of hydrogen-bond donors (Lipinski definition) is 1. The van der Waals surface area contributed by atoms with Gasteiger partial charge in [0.05, 0.1) is 17.9 Å². The van der Waals surface area contributed by atoms with Gasteiger partial charge in [-0.1, -0.05) is 6.07 Å². The maximum Gasteiger partial charge on any atom is 0.257 e. The molecule has 1 unspecified atom stereocenters. The van der Waals surface area contributed by atoms with E-state index in [9.17, 15) is 4.79 Å². The van der Waals surface area contributed by atoms with E-state index >= 15 is 0 Å². The molecular weight excluding hydrogens is 266 g/mol. The number of anilines is 1. The highest BCUT2D eigenvalue weighted by atomic mass is 16.5. The van der Waals surface area contributed by atoms with Crippen LogP contribution in [0.1, 0.15) is 31.1 Å². The zero-order valence-electron chi connectivity index (χ0n) is 13.7. The molecule has 1 aromatic carbocycles. The van der Waals surface area contributed by atoms with Gasteiger partial charge in [0.1, 0.15) is 0 Å². The van der Waals surface area contributed by atoms with Crippen LogP contribution >= 0.6 is 0 Å². The number of nitrogen functional groups attached to an aromatic ring is 1. The van der Waals surface area contributed by atoms with Crippen molar-refractivity contribution < 1.29 is 9.53 Å². The van der Waals surface area contributed by atoms with Crippen molar-refractivity contribution in [2.24, 2.45) is 0 Å². The van der Waals surface area contributed by atoms with Crippen molar-refractivity contribution in [1.29, 1.82) is 0 Å². The SMILES string of the molecule is CCOc1c(N)cccc1C(=O)N(CC)C(C)CN(C)C. The van der Waals surface area contributed by atoms with Crippen LogP contribution in [0.3, 0.4) is 0 Å². The molecule has 1 amide bonds. The van der Waals surface area contributed by atoms with E-state index in [2.05, 4.69) is 4.90 Å². The van der Waals surface area contributed by atoms with Gasteiger partial charge in [-0.25, -0.2) is 0 Å². The standard InChI is InChI=1S/C16H27N3O2/c1-6-19(12(3)11-18(4)5)16(20)13-9-8-10-14(17)15(13)21-7-2/h8-10,12H,6-7,11,17H2,1-5H3.